The molecule has 0 aliphatic heterocycles. The van der Waals surface area contributed by atoms with Crippen molar-refractivity contribution >= 4 is 17.5 Å². The van der Waals surface area contributed by atoms with Gasteiger partial charge in [-0.2, -0.15) is 0 Å². The Kier molecular flexibility index (Phi) is 6.06. The molecule has 128 valence electrons. The molecule has 0 radical (unpaired) electrons. The first-order valence-electron chi connectivity index (χ1n) is 7.50. The third-order valence-electron chi connectivity index (χ3n) is 3.79. The average molecular weight is 349 g/mol. The molecule has 5 nitrogen and oxygen atoms in total. The predicted octanol–water partition coefficient (Wildman–Crippen LogP) is 3.09. The Hall–Kier alpha value is -2.24. The Bertz CT molecular complexity index is 719. The molecule has 2 aromatic carbocycles. The molecule has 0 spiro atoms. The van der Waals surface area contributed by atoms with E-state index >= 15 is 0 Å². The fourth-order valence-corrected chi connectivity index (χ4v) is 2.69. The molecule has 2 N–H and O–H groups in total. The van der Waals surface area contributed by atoms with Crippen molar-refractivity contribution in [2.45, 2.75) is 6.04 Å². The predicted molar refractivity (Wildman–Crippen MR) is 94.9 cm³/mol. The van der Waals surface area contributed by atoms with Crippen LogP contribution in [0.3, 0.4) is 0 Å². The Morgan fingerprint density at radius 1 is 1.29 bits per heavy atom. The summed E-state index contributed by atoms with van der Waals surface area (Å²) in [5, 5.41) is 13.4. The molecule has 1 amide bonds. The van der Waals surface area contributed by atoms with Crippen LogP contribution in [-0.2, 0) is 0 Å². The van der Waals surface area contributed by atoms with Gasteiger partial charge in [-0.05, 0) is 43.9 Å². The SMILES string of the molecule is COc1ccc(O)c(C(=O)NCC(c2ccccc2Cl)N(C)C)c1. The first-order chi connectivity index (χ1) is 11.4. The summed E-state index contributed by atoms with van der Waals surface area (Å²) in [5.41, 5.74) is 1.10. The molecule has 2 aromatic rings. The van der Waals surface area contributed by atoms with Crippen LogP contribution in [0.1, 0.15) is 22.0 Å². The number of halogens is 1. The molecule has 0 aliphatic carbocycles. The highest BCUT2D eigenvalue weighted by atomic mass is 35.5. The molecular formula is C18H21ClN2O3. The number of carbonyl (C=O) groups is 1. The molecule has 6 heteroatoms. The van der Waals surface area contributed by atoms with E-state index in [-0.39, 0.29) is 23.3 Å². The van der Waals surface area contributed by atoms with Gasteiger partial charge in [0.05, 0.1) is 18.7 Å². The number of carbonyl (C=O) groups excluding carboxylic acids is 1. The Balaban J connectivity index is 2.15. The summed E-state index contributed by atoms with van der Waals surface area (Å²) in [7, 11) is 5.35. The van der Waals surface area contributed by atoms with Crippen LogP contribution in [-0.4, -0.2) is 43.7 Å². The van der Waals surface area contributed by atoms with Gasteiger partial charge < -0.3 is 20.1 Å². The van der Waals surface area contributed by atoms with Gasteiger partial charge >= 0.3 is 0 Å². The van der Waals surface area contributed by atoms with Crippen molar-refractivity contribution in [3.8, 4) is 11.5 Å². The standard InChI is InChI=1S/C18H21ClN2O3/c1-21(2)16(13-6-4-5-7-15(13)19)11-20-18(23)14-10-12(24-3)8-9-17(14)22/h4-10,16,22H,11H2,1-3H3,(H,20,23). The first kappa shape index (κ1) is 18.1. The second kappa shape index (κ2) is 8.04. The van der Waals surface area contributed by atoms with E-state index in [1.807, 2.05) is 43.3 Å². The molecule has 0 bridgehead atoms. The number of methoxy groups -OCH3 is 1. The van der Waals surface area contributed by atoms with E-state index in [0.717, 1.165) is 5.56 Å². The third-order valence-corrected chi connectivity index (χ3v) is 4.14. The van der Waals surface area contributed by atoms with Crippen molar-refractivity contribution in [1.82, 2.24) is 10.2 Å². The number of aromatic hydroxyl groups is 1. The van der Waals surface area contributed by atoms with Crippen LogP contribution in [0.2, 0.25) is 5.02 Å². The van der Waals surface area contributed by atoms with Crippen LogP contribution < -0.4 is 10.1 Å². The molecular weight excluding hydrogens is 328 g/mol. The lowest BCUT2D eigenvalue weighted by atomic mass is 10.1. The van der Waals surface area contributed by atoms with Gasteiger partial charge in [-0.1, -0.05) is 29.8 Å². The zero-order valence-corrected chi connectivity index (χ0v) is 14.7. The topological polar surface area (TPSA) is 61.8 Å². The highest BCUT2D eigenvalue weighted by molar-refractivity contribution is 6.31. The number of hydrogen-bond acceptors (Lipinski definition) is 4. The summed E-state index contributed by atoms with van der Waals surface area (Å²) in [4.78, 5) is 14.4. The number of rotatable bonds is 6. The summed E-state index contributed by atoms with van der Waals surface area (Å²) in [6, 6.07) is 12.0. The summed E-state index contributed by atoms with van der Waals surface area (Å²) < 4.78 is 5.09. The molecule has 2 rings (SSSR count). The van der Waals surface area contributed by atoms with Crippen LogP contribution in [0.4, 0.5) is 0 Å². The van der Waals surface area contributed by atoms with Crippen LogP contribution in [0.15, 0.2) is 42.5 Å². The van der Waals surface area contributed by atoms with E-state index in [1.165, 1.54) is 19.2 Å². The minimum absolute atomic E-state index is 0.0876. The Morgan fingerprint density at radius 3 is 2.62 bits per heavy atom. The van der Waals surface area contributed by atoms with Gasteiger partial charge in [0.1, 0.15) is 11.5 Å². The van der Waals surface area contributed by atoms with Gasteiger partial charge in [-0.3, -0.25) is 4.79 Å². The Labute approximate surface area is 146 Å². The van der Waals surface area contributed by atoms with Crippen LogP contribution in [0.25, 0.3) is 0 Å². The fourth-order valence-electron chi connectivity index (χ4n) is 2.42. The van der Waals surface area contributed by atoms with E-state index in [4.69, 9.17) is 16.3 Å². The van der Waals surface area contributed by atoms with Gasteiger partial charge in [0, 0.05) is 11.6 Å². The van der Waals surface area contributed by atoms with Gasteiger partial charge in [-0.15, -0.1) is 0 Å². The first-order valence-corrected chi connectivity index (χ1v) is 7.88. The number of phenols is 1. The number of hydrogen-bond donors (Lipinski definition) is 2. The maximum Gasteiger partial charge on any atom is 0.255 e. The number of nitrogens with zero attached hydrogens (tertiary/aromatic N) is 1. The van der Waals surface area contributed by atoms with Crippen LogP contribution >= 0.6 is 11.6 Å². The average Bonchev–Trinajstić information content (AvgIpc) is 2.56. The van der Waals surface area contributed by atoms with E-state index in [2.05, 4.69) is 5.32 Å². The number of nitrogens with one attached hydrogen (secondary N) is 1. The zero-order chi connectivity index (χ0) is 17.7. The zero-order valence-electron chi connectivity index (χ0n) is 13.9. The van der Waals surface area contributed by atoms with E-state index < -0.39 is 0 Å². The molecule has 0 fully saturated rings. The van der Waals surface area contributed by atoms with Crippen molar-refractivity contribution in [1.29, 1.82) is 0 Å². The minimum Gasteiger partial charge on any atom is -0.507 e. The second-order valence-electron chi connectivity index (χ2n) is 5.59. The van der Waals surface area contributed by atoms with Crippen molar-refractivity contribution in [3.05, 3.63) is 58.6 Å². The number of amides is 1. The number of phenolic OH excluding ortho intramolecular Hbond substituents is 1. The summed E-state index contributed by atoms with van der Waals surface area (Å²) in [6.07, 6.45) is 0. The van der Waals surface area contributed by atoms with Crippen molar-refractivity contribution in [3.63, 3.8) is 0 Å². The lowest BCUT2D eigenvalue weighted by Crippen LogP contribution is -2.34. The second-order valence-corrected chi connectivity index (χ2v) is 6.00. The highest BCUT2D eigenvalue weighted by Gasteiger charge is 2.19. The van der Waals surface area contributed by atoms with Gasteiger partial charge in [0.25, 0.3) is 5.91 Å². The van der Waals surface area contributed by atoms with Crippen LogP contribution in [0, 0.1) is 0 Å². The van der Waals surface area contributed by atoms with Crippen molar-refractivity contribution in [2.24, 2.45) is 0 Å². The minimum atomic E-state index is -0.370. The van der Waals surface area contributed by atoms with Crippen molar-refractivity contribution < 1.29 is 14.6 Å². The molecule has 0 aromatic heterocycles. The number of benzene rings is 2. The summed E-state index contributed by atoms with van der Waals surface area (Å²) in [5.74, 6) is 0.0472. The molecule has 24 heavy (non-hydrogen) atoms. The largest absolute Gasteiger partial charge is 0.507 e. The van der Waals surface area contributed by atoms with Gasteiger partial charge in [0.15, 0.2) is 0 Å². The van der Waals surface area contributed by atoms with E-state index in [9.17, 15) is 9.90 Å². The number of likely N-dealkylation sites (N-methyl/N-ethyl adjacent to an activating group) is 1. The van der Waals surface area contributed by atoms with Crippen molar-refractivity contribution in [2.75, 3.05) is 27.7 Å². The maximum atomic E-state index is 12.4. The lowest BCUT2D eigenvalue weighted by Gasteiger charge is -2.26. The summed E-state index contributed by atoms with van der Waals surface area (Å²) >= 11 is 6.26. The smallest absolute Gasteiger partial charge is 0.255 e. The molecule has 0 saturated carbocycles. The maximum absolute atomic E-state index is 12.4. The third kappa shape index (κ3) is 4.19. The monoisotopic (exact) mass is 348 g/mol. The van der Waals surface area contributed by atoms with Gasteiger partial charge in [0.2, 0.25) is 0 Å². The normalized spacial score (nSPS) is 12.0. The highest BCUT2D eigenvalue weighted by Crippen LogP contribution is 2.26. The molecule has 1 unspecified atom stereocenters. The van der Waals surface area contributed by atoms with Crippen LogP contribution in [0.5, 0.6) is 11.5 Å². The molecule has 0 saturated heterocycles. The van der Waals surface area contributed by atoms with E-state index in [0.29, 0.717) is 17.3 Å². The quantitative estimate of drug-likeness (QED) is 0.842. The van der Waals surface area contributed by atoms with Gasteiger partial charge in [-0.25, -0.2) is 0 Å². The molecule has 1 atom stereocenters. The number of ether oxygens (including phenoxy) is 1. The molecule has 0 aliphatic rings. The fraction of sp³-hybridized carbons (Fsp3) is 0.278. The summed E-state index contributed by atoms with van der Waals surface area (Å²) in [6.45, 7) is 0.353. The van der Waals surface area contributed by atoms with E-state index in [1.54, 1.807) is 6.07 Å². The molecule has 0 heterocycles. The lowest BCUT2D eigenvalue weighted by molar-refractivity contribution is 0.0939. The Morgan fingerprint density at radius 2 is 2.00 bits per heavy atom.